The molecule has 0 fully saturated rings. The summed E-state index contributed by atoms with van der Waals surface area (Å²) in [5, 5.41) is 7.90. The van der Waals surface area contributed by atoms with Gasteiger partial charge in [-0.3, -0.25) is 4.68 Å². The van der Waals surface area contributed by atoms with E-state index in [1.807, 2.05) is 11.7 Å². The minimum atomic E-state index is 0.442. The Morgan fingerprint density at radius 1 is 1.21 bits per heavy atom. The normalized spacial score (nSPS) is 11.2. The minimum Gasteiger partial charge on any atom is -0.313 e. The number of aryl methyl sites for hydroxylation is 1. The maximum atomic E-state index is 4.56. The molecule has 1 aromatic heterocycles. The summed E-state index contributed by atoms with van der Waals surface area (Å²) in [6.07, 6.45) is 2.11. The van der Waals surface area contributed by atoms with Gasteiger partial charge < -0.3 is 5.32 Å². The maximum Gasteiger partial charge on any atom is 0.0728 e. The average molecular weight is 257 g/mol. The van der Waals surface area contributed by atoms with Gasteiger partial charge in [-0.15, -0.1) is 0 Å². The van der Waals surface area contributed by atoms with E-state index in [0.29, 0.717) is 5.92 Å². The number of nitrogens with zero attached hydrogens (tertiary/aromatic N) is 2. The molecule has 0 amide bonds. The topological polar surface area (TPSA) is 29.9 Å². The van der Waals surface area contributed by atoms with Crippen molar-refractivity contribution >= 4 is 0 Å². The van der Waals surface area contributed by atoms with Crippen LogP contribution in [0.25, 0.3) is 11.1 Å². The van der Waals surface area contributed by atoms with Gasteiger partial charge in [-0.05, 0) is 23.6 Å². The van der Waals surface area contributed by atoms with Crippen LogP contribution in [0.4, 0.5) is 0 Å². The summed E-state index contributed by atoms with van der Waals surface area (Å²) in [4.78, 5) is 0. The van der Waals surface area contributed by atoms with Crippen LogP contribution in [0.5, 0.6) is 0 Å². The second kappa shape index (κ2) is 6.02. The fraction of sp³-hybridized carbons (Fsp3) is 0.438. The molecular formula is C16H23N3. The molecule has 0 saturated carbocycles. The van der Waals surface area contributed by atoms with Crippen molar-refractivity contribution < 1.29 is 0 Å². The summed E-state index contributed by atoms with van der Waals surface area (Å²) in [5.74, 6) is 0.442. The second-order valence-electron chi connectivity index (χ2n) is 5.23. The number of aromatic nitrogens is 2. The van der Waals surface area contributed by atoms with Gasteiger partial charge in [-0.1, -0.05) is 45.0 Å². The van der Waals surface area contributed by atoms with Crippen molar-refractivity contribution in [2.24, 2.45) is 7.05 Å². The van der Waals surface area contributed by atoms with Crippen LogP contribution in [0, 0.1) is 0 Å². The summed E-state index contributed by atoms with van der Waals surface area (Å²) >= 11 is 0. The Labute approximate surface area is 115 Å². The van der Waals surface area contributed by atoms with E-state index < -0.39 is 0 Å². The molecule has 0 atom stereocenters. The zero-order valence-electron chi connectivity index (χ0n) is 12.3. The first-order valence-electron chi connectivity index (χ1n) is 6.95. The Hall–Kier alpha value is -1.61. The molecule has 2 rings (SSSR count). The first kappa shape index (κ1) is 13.8. The summed E-state index contributed by atoms with van der Waals surface area (Å²) in [5.41, 5.74) is 4.98. The van der Waals surface area contributed by atoms with Gasteiger partial charge in [-0.25, -0.2) is 0 Å². The highest BCUT2D eigenvalue weighted by Crippen LogP contribution is 2.28. The molecule has 0 saturated heterocycles. The van der Waals surface area contributed by atoms with E-state index in [-0.39, 0.29) is 0 Å². The molecule has 0 radical (unpaired) electrons. The average Bonchev–Trinajstić information content (AvgIpc) is 2.79. The minimum absolute atomic E-state index is 0.442. The summed E-state index contributed by atoms with van der Waals surface area (Å²) < 4.78 is 1.90. The van der Waals surface area contributed by atoms with Crippen LogP contribution in [0.1, 0.15) is 37.9 Å². The van der Waals surface area contributed by atoms with Crippen molar-refractivity contribution in [1.29, 1.82) is 0 Å². The molecule has 0 spiro atoms. The summed E-state index contributed by atoms with van der Waals surface area (Å²) in [7, 11) is 1.98. The second-order valence-corrected chi connectivity index (χ2v) is 5.23. The van der Waals surface area contributed by atoms with Crippen LogP contribution in [-0.2, 0) is 13.6 Å². The monoisotopic (exact) mass is 257 g/mol. The van der Waals surface area contributed by atoms with Gasteiger partial charge in [0.05, 0.1) is 5.69 Å². The first-order valence-corrected chi connectivity index (χ1v) is 6.95. The van der Waals surface area contributed by atoms with Crippen molar-refractivity contribution in [2.45, 2.75) is 33.2 Å². The molecule has 2 aromatic rings. The van der Waals surface area contributed by atoms with Crippen molar-refractivity contribution in [2.75, 3.05) is 6.54 Å². The van der Waals surface area contributed by atoms with Gasteiger partial charge in [-0.2, -0.15) is 5.10 Å². The van der Waals surface area contributed by atoms with Crippen molar-refractivity contribution in [3.05, 3.63) is 41.7 Å². The molecule has 0 aliphatic rings. The van der Waals surface area contributed by atoms with Crippen molar-refractivity contribution in [3.8, 4) is 11.1 Å². The maximum absolute atomic E-state index is 4.56. The van der Waals surface area contributed by atoms with E-state index in [1.54, 1.807) is 0 Å². The molecule has 1 N–H and O–H groups in total. The quantitative estimate of drug-likeness (QED) is 0.890. The molecule has 0 aliphatic carbocycles. The van der Waals surface area contributed by atoms with Crippen molar-refractivity contribution in [3.63, 3.8) is 0 Å². The van der Waals surface area contributed by atoms with E-state index in [1.165, 1.54) is 22.4 Å². The summed E-state index contributed by atoms with van der Waals surface area (Å²) in [6.45, 7) is 8.43. The molecule has 19 heavy (non-hydrogen) atoms. The fourth-order valence-corrected chi connectivity index (χ4v) is 2.23. The van der Waals surface area contributed by atoms with E-state index in [4.69, 9.17) is 0 Å². The molecular weight excluding hydrogens is 234 g/mol. The molecule has 102 valence electrons. The molecule has 3 heteroatoms. The van der Waals surface area contributed by atoms with Gasteiger partial charge in [0.25, 0.3) is 0 Å². The third kappa shape index (κ3) is 3.24. The summed E-state index contributed by atoms with van der Waals surface area (Å²) in [6, 6.07) is 8.76. The Morgan fingerprint density at radius 3 is 2.47 bits per heavy atom. The van der Waals surface area contributed by atoms with Gasteiger partial charge in [0, 0.05) is 25.4 Å². The SMILES string of the molecule is CCNCc1ccc(-c2cn(C)nc2C(C)C)cc1. The lowest BCUT2D eigenvalue weighted by Crippen LogP contribution is -2.11. The van der Waals surface area contributed by atoms with Crippen LogP contribution >= 0.6 is 0 Å². The first-order chi connectivity index (χ1) is 9.11. The van der Waals surface area contributed by atoms with Crippen LogP contribution in [-0.4, -0.2) is 16.3 Å². The predicted octanol–water partition coefficient (Wildman–Crippen LogP) is 3.32. The Bertz CT molecular complexity index is 523. The third-order valence-electron chi connectivity index (χ3n) is 3.25. The van der Waals surface area contributed by atoms with E-state index in [9.17, 15) is 0 Å². The van der Waals surface area contributed by atoms with E-state index in [0.717, 1.165) is 13.1 Å². The number of hydrogen-bond acceptors (Lipinski definition) is 2. The molecule has 1 aromatic carbocycles. The Morgan fingerprint density at radius 2 is 1.89 bits per heavy atom. The van der Waals surface area contributed by atoms with E-state index >= 15 is 0 Å². The molecule has 0 aliphatic heterocycles. The van der Waals surface area contributed by atoms with Gasteiger partial charge >= 0.3 is 0 Å². The molecule has 0 unspecified atom stereocenters. The number of rotatable bonds is 5. The van der Waals surface area contributed by atoms with Gasteiger partial charge in [0.1, 0.15) is 0 Å². The molecule has 0 bridgehead atoms. The molecule has 3 nitrogen and oxygen atoms in total. The number of benzene rings is 1. The number of nitrogens with one attached hydrogen (secondary N) is 1. The third-order valence-corrected chi connectivity index (χ3v) is 3.25. The predicted molar refractivity (Wildman–Crippen MR) is 80.1 cm³/mol. The lowest BCUT2D eigenvalue weighted by molar-refractivity contribution is 0.713. The fourth-order valence-electron chi connectivity index (χ4n) is 2.23. The van der Waals surface area contributed by atoms with E-state index in [2.05, 4.69) is 61.6 Å². The van der Waals surface area contributed by atoms with Crippen LogP contribution in [0.15, 0.2) is 30.5 Å². The van der Waals surface area contributed by atoms with Crippen LogP contribution in [0.2, 0.25) is 0 Å². The van der Waals surface area contributed by atoms with Crippen LogP contribution < -0.4 is 5.32 Å². The Balaban J connectivity index is 2.27. The smallest absolute Gasteiger partial charge is 0.0728 e. The van der Waals surface area contributed by atoms with Crippen molar-refractivity contribution in [1.82, 2.24) is 15.1 Å². The Kier molecular flexibility index (Phi) is 4.38. The zero-order valence-corrected chi connectivity index (χ0v) is 12.3. The largest absolute Gasteiger partial charge is 0.313 e. The lowest BCUT2D eigenvalue weighted by atomic mass is 9.99. The van der Waals surface area contributed by atoms with Gasteiger partial charge in [0.15, 0.2) is 0 Å². The standard InChI is InChI=1S/C16H23N3/c1-5-17-10-13-6-8-14(9-7-13)15-11-19(4)18-16(15)12(2)3/h6-9,11-12,17H,5,10H2,1-4H3. The zero-order chi connectivity index (χ0) is 13.8. The molecule has 1 heterocycles. The van der Waals surface area contributed by atoms with Gasteiger partial charge in [0.2, 0.25) is 0 Å². The highest BCUT2D eigenvalue weighted by molar-refractivity contribution is 5.66. The lowest BCUT2D eigenvalue weighted by Gasteiger charge is -2.07. The van der Waals surface area contributed by atoms with Crippen LogP contribution in [0.3, 0.4) is 0 Å². The highest BCUT2D eigenvalue weighted by atomic mass is 15.3. The highest BCUT2D eigenvalue weighted by Gasteiger charge is 2.12. The number of hydrogen-bond donors (Lipinski definition) is 1.